The molecule has 0 amide bonds. The minimum absolute atomic E-state index is 0.133. The van der Waals surface area contributed by atoms with Crippen molar-refractivity contribution in [2.24, 2.45) is 0 Å². The fourth-order valence-corrected chi connectivity index (χ4v) is 4.62. The average molecular weight is 395 g/mol. The van der Waals surface area contributed by atoms with Crippen molar-refractivity contribution in [3.05, 3.63) is 70.9 Å². The zero-order valence-electron chi connectivity index (χ0n) is 17.1. The second kappa shape index (κ2) is 10.6. The summed E-state index contributed by atoms with van der Waals surface area (Å²) in [6.07, 6.45) is 9.68. The molecule has 0 N–H and O–H groups in total. The van der Waals surface area contributed by atoms with Crippen molar-refractivity contribution in [3.63, 3.8) is 0 Å². The van der Waals surface area contributed by atoms with Gasteiger partial charge in [0.05, 0.1) is 0 Å². The van der Waals surface area contributed by atoms with E-state index < -0.39 is 0 Å². The Kier molecular flexibility index (Phi) is 7.85. The Bertz CT molecular complexity index is 860. The molecule has 3 aromatic rings. The van der Waals surface area contributed by atoms with E-state index in [-0.39, 0.29) is 5.82 Å². The lowest BCUT2D eigenvalue weighted by molar-refractivity contribution is 0.632. The van der Waals surface area contributed by atoms with E-state index in [0.29, 0.717) is 5.56 Å². The molecule has 0 nitrogen and oxygen atoms in total. The Hall–Kier alpha value is -1.93. The zero-order chi connectivity index (χ0) is 19.8. The average Bonchev–Trinajstić information content (AvgIpc) is 3.17. The van der Waals surface area contributed by atoms with Crippen LogP contribution < -0.4 is 0 Å². The molecule has 0 bridgehead atoms. The van der Waals surface area contributed by atoms with Crippen molar-refractivity contribution in [2.45, 2.75) is 65.2 Å². The van der Waals surface area contributed by atoms with E-state index in [1.807, 2.05) is 12.1 Å². The molecular formula is C26H31FS. The van der Waals surface area contributed by atoms with Crippen LogP contribution in [-0.4, -0.2) is 0 Å². The van der Waals surface area contributed by atoms with Crippen molar-refractivity contribution in [1.82, 2.24) is 0 Å². The van der Waals surface area contributed by atoms with Gasteiger partial charge in [-0.15, -0.1) is 11.3 Å². The van der Waals surface area contributed by atoms with Gasteiger partial charge in [-0.25, -0.2) is 4.39 Å². The van der Waals surface area contributed by atoms with Crippen LogP contribution >= 0.6 is 11.3 Å². The SMILES string of the molecule is CCCCCc1ccc(-c2ccc(-c3ccc(CCCCC)s3)c(F)c2)cc1. The molecule has 0 saturated carbocycles. The van der Waals surface area contributed by atoms with E-state index in [1.165, 1.54) is 49.0 Å². The summed E-state index contributed by atoms with van der Waals surface area (Å²) in [5.41, 5.74) is 4.10. The summed E-state index contributed by atoms with van der Waals surface area (Å²) < 4.78 is 14.8. The van der Waals surface area contributed by atoms with Crippen LogP contribution in [0.3, 0.4) is 0 Å². The zero-order valence-corrected chi connectivity index (χ0v) is 18.0. The third kappa shape index (κ3) is 5.54. The highest BCUT2D eigenvalue weighted by molar-refractivity contribution is 7.15. The predicted molar refractivity (Wildman–Crippen MR) is 122 cm³/mol. The van der Waals surface area contributed by atoms with Crippen LogP contribution in [0.2, 0.25) is 0 Å². The third-order valence-corrected chi connectivity index (χ3v) is 6.46. The Labute approximate surface area is 173 Å². The van der Waals surface area contributed by atoms with Gasteiger partial charge in [0.15, 0.2) is 0 Å². The summed E-state index contributed by atoms with van der Waals surface area (Å²) in [7, 11) is 0. The van der Waals surface area contributed by atoms with E-state index >= 15 is 0 Å². The van der Waals surface area contributed by atoms with Crippen LogP contribution in [-0.2, 0) is 12.8 Å². The lowest BCUT2D eigenvalue weighted by Gasteiger charge is -2.07. The third-order valence-electron chi connectivity index (χ3n) is 5.28. The Morgan fingerprint density at radius 2 is 1.39 bits per heavy atom. The number of hydrogen-bond acceptors (Lipinski definition) is 1. The second-order valence-corrected chi connectivity index (χ2v) is 8.74. The molecule has 2 aromatic carbocycles. The molecule has 0 saturated heterocycles. The van der Waals surface area contributed by atoms with Crippen molar-refractivity contribution < 1.29 is 4.39 Å². The topological polar surface area (TPSA) is 0 Å². The summed E-state index contributed by atoms with van der Waals surface area (Å²) in [4.78, 5) is 2.38. The number of benzene rings is 2. The van der Waals surface area contributed by atoms with Crippen LogP contribution in [0.4, 0.5) is 4.39 Å². The number of hydrogen-bond donors (Lipinski definition) is 0. The Balaban J connectivity index is 1.70. The summed E-state index contributed by atoms with van der Waals surface area (Å²) in [6.45, 7) is 4.45. The molecule has 1 heterocycles. The monoisotopic (exact) mass is 394 g/mol. The van der Waals surface area contributed by atoms with Crippen LogP contribution in [0.25, 0.3) is 21.6 Å². The van der Waals surface area contributed by atoms with Crippen molar-refractivity contribution in [2.75, 3.05) is 0 Å². The van der Waals surface area contributed by atoms with E-state index in [0.717, 1.165) is 28.8 Å². The molecule has 0 radical (unpaired) electrons. The maximum atomic E-state index is 14.8. The van der Waals surface area contributed by atoms with Gasteiger partial charge in [-0.3, -0.25) is 0 Å². The van der Waals surface area contributed by atoms with Crippen LogP contribution in [0, 0.1) is 5.82 Å². The molecule has 3 rings (SSSR count). The lowest BCUT2D eigenvalue weighted by Crippen LogP contribution is -1.87. The first-order valence-electron chi connectivity index (χ1n) is 10.7. The molecule has 28 heavy (non-hydrogen) atoms. The lowest BCUT2D eigenvalue weighted by atomic mass is 10.00. The van der Waals surface area contributed by atoms with E-state index in [4.69, 9.17) is 0 Å². The minimum Gasteiger partial charge on any atom is -0.206 e. The van der Waals surface area contributed by atoms with Gasteiger partial charge in [0, 0.05) is 15.3 Å². The first-order chi connectivity index (χ1) is 13.7. The maximum absolute atomic E-state index is 14.8. The van der Waals surface area contributed by atoms with E-state index in [2.05, 4.69) is 50.2 Å². The molecule has 1 aromatic heterocycles. The molecule has 0 atom stereocenters. The van der Waals surface area contributed by atoms with Crippen molar-refractivity contribution in [1.29, 1.82) is 0 Å². The minimum atomic E-state index is -0.133. The van der Waals surface area contributed by atoms with E-state index in [1.54, 1.807) is 17.4 Å². The van der Waals surface area contributed by atoms with Gasteiger partial charge in [0.2, 0.25) is 0 Å². The highest BCUT2D eigenvalue weighted by Crippen LogP contribution is 2.33. The smallest absolute Gasteiger partial charge is 0.132 e. The van der Waals surface area contributed by atoms with Crippen LogP contribution in [0.15, 0.2) is 54.6 Å². The highest BCUT2D eigenvalue weighted by atomic mass is 32.1. The van der Waals surface area contributed by atoms with Gasteiger partial charge in [-0.1, -0.05) is 69.9 Å². The molecule has 2 heteroatoms. The van der Waals surface area contributed by atoms with Crippen molar-refractivity contribution in [3.8, 4) is 21.6 Å². The predicted octanol–water partition coefficient (Wildman–Crippen LogP) is 8.69. The molecular weight excluding hydrogens is 363 g/mol. The first kappa shape index (κ1) is 20.8. The fraction of sp³-hybridized carbons (Fsp3) is 0.385. The maximum Gasteiger partial charge on any atom is 0.132 e. The summed E-state index contributed by atoms with van der Waals surface area (Å²) in [5, 5.41) is 0. The highest BCUT2D eigenvalue weighted by Gasteiger charge is 2.10. The van der Waals surface area contributed by atoms with Gasteiger partial charge in [0.25, 0.3) is 0 Å². The number of thiophene rings is 1. The van der Waals surface area contributed by atoms with Crippen LogP contribution in [0.5, 0.6) is 0 Å². The molecule has 148 valence electrons. The van der Waals surface area contributed by atoms with Gasteiger partial charge in [-0.2, -0.15) is 0 Å². The molecule has 0 aliphatic heterocycles. The Morgan fingerprint density at radius 3 is 2.07 bits per heavy atom. The number of unbranched alkanes of at least 4 members (excludes halogenated alkanes) is 4. The van der Waals surface area contributed by atoms with Crippen molar-refractivity contribution >= 4 is 11.3 Å². The van der Waals surface area contributed by atoms with Crippen LogP contribution in [0.1, 0.15) is 62.8 Å². The van der Waals surface area contributed by atoms with E-state index in [9.17, 15) is 4.39 Å². The molecule has 0 unspecified atom stereocenters. The van der Waals surface area contributed by atoms with Gasteiger partial charge < -0.3 is 0 Å². The summed E-state index contributed by atoms with van der Waals surface area (Å²) in [6, 6.07) is 18.5. The molecule has 0 spiro atoms. The van der Waals surface area contributed by atoms with Gasteiger partial charge >= 0.3 is 0 Å². The molecule has 0 aliphatic carbocycles. The molecule has 0 aliphatic rings. The summed E-state index contributed by atoms with van der Waals surface area (Å²) in [5.74, 6) is -0.133. The second-order valence-electron chi connectivity index (χ2n) is 7.57. The van der Waals surface area contributed by atoms with Gasteiger partial charge in [0.1, 0.15) is 5.82 Å². The largest absolute Gasteiger partial charge is 0.206 e. The number of halogens is 1. The summed E-state index contributed by atoms with van der Waals surface area (Å²) >= 11 is 1.72. The quantitative estimate of drug-likeness (QED) is 0.302. The molecule has 0 fully saturated rings. The first-order valence-corrected chi connectivity index (χ1v) is 11.5. The standard InChI is InChI=1S/C26H31FS/c1-3-5-7-9-20-11-13-21(14-12-20)22-15-17-24(25(27)19-22)26-18-16-23(28-26)10-8-6-4-2/h11-19H,3-10H2,1-2H3. The normalized spacial score (nSPS) is 11.1. The van der Waals surface area contributed by atoms with Gasteiger partial charge in [-0.05, 0) is 66.6 Å². The number of aryl methyl sites for hydroxylation is 2. The Morgan fingerprint density at radius 1 is 0.714 bits per heavy atom. The number of rotatable bonds is 10. The fourth-order valence-electron chi connectivity index (χ4n) is 3.54.